The molecule has 0 fully saturated rings. The lowest BCUT2D eigenvalue weighted by atomic mass is 10.0. The van der Waals surface area contributed by atoms with E-state index in [0.29, 0.717) is 5.95 Å². The summed E-state index contributed by atoms with van der Waals surface area (Å²) in [4.78, 5) is 8.26. The number of aryl methyl sites for hydroxylation is 1. The molecular weight excluding hydrogens is 304 g/mol. The van der Waals surface area contributed by atoms with E-state index in [-0.39, 0.29) is 6.10 Å². The van der Waals surface area contributed by atoms with Gasteiger partial charge in [-0.3, -0.25) is 0 Å². The first-order valence-electron chi connectivity index (χ1n) is 8.40. The maximum Gasteiger partial charge on any atom is 0.222 e. The minimum absolute atomic E-state index is 0.233. The number of ether oxygens (including phenoxy) is 2. The van der Waals surface area contributed by atoms with E-state index in [1.807, 2.05) is 18.2 Å². The molecule has 24 heavy (non-hydrogen) atoms. The highest BCUT2D eigenvalue weighted by molar-refractivity contribution is 5.41. The first-order chi connectivity index (χ1) is 11.8. The predicted octanol–water partition coefficient (Wildman–Crippen LogP) is 2.27. The summed E-state index contributed by atoms with van der Waals surface area (Å²) in [6.07, 6.45) is 6.78. The Morgan fingerprint density at radius 2 is 2.12 bits per heavy atom. The van der Waals surface area contributed by atoms with Crippen LogP contribution in [0.3, 0.4) is 0 Å². The molecule has 3 rings (SSSR count). The summed E-state index contributed by atoms with van der Waals surface area (Å²) in [6, 6.07) is 7.83. The summed E-state index contributed by atoms with van der Waals surface area (Å²) in [5.41, 5.74) is 1.23. The van der Waals surface area contributed by atoms with Crippen LogP contribution in [0.2, 0.25) is 0 Å². The molecule has 1 unspecified atom stereocenters. The van der Waals surface area contributed by atoms with Crippen LogP contribution in [-0.2, 0) is 6.42 Å². The molecule has 0 saturated heterocycles. The molecule has 6 heteroatoms. The van der Waals surface area contributed by atoms with Gasteiger partial charge in [-0.2, -0.15) is 0 Å². The van der Waals surface area contributed by atoms with E-state index in [1.54, 1.807) is 19.5 Å². The molecule has 0 aliphatic carbocycles. The highest BCUT2D eigenvalue weighted by atomic mass is 16.5. The largest absolute Gasteiger partial charge is 0.497 e. The molecule has 1 aromatic carbocycles. The zero-order chi connectivity index (χ0) is 16.6. The molecule has 1 atom stereocenters. The lowest BCUT2D eigenvalue weighted by molar-refractivity contribution is 0.170. The number of hydrogen-bond acceptors (Lipinski definition) is 6. The first-order valence-corrected chi connectivity index (χ1v) is 8.40. The Morgan fingerprint density at radius 1 is 1.25 bits per heavy atom. The average molecular weight is 328 g/mol. The summed E-state index contributed by atoms with van der Waals surface area (Å²) in [5.74, 6) is 2.56. The molecule has 128 valence electrons. The number of fused-ring (bicyclic) bond motifs is 1. The Kier molecular flexibility index (Phi) is 5.85. The highest BCUT2D eigenvalue weighted by Crippen LogP contribution is 2.30. The monoisotopic (exact) mass is 328 g/mol. The Balaban J connectivity index is 1.33. The SMILES string of the molecule is COc1ccc2c(c1)CCC(CNCCCNc1ncccn1)O2. The summed E-state index contributed by atoms with van der Waals surface area (Å²) >= 11 is 0. The van der Waals surface area contributed by atoms with Gasteiger partial charge in [0.05, 0.1) is 7.11 Å². The molecule has 2 aromatic rings. The highest BCUT2D eigenvalue weighted by Gasteiger charge is 2.19. The molecule has 2 N–H and O–H groups in total. The summed E-state index contributed by atoms with van der Waals surface area (Å²) in [5, 5.41) is 6.67. The maximum absolute atomic E-state index is 6.05. The third kappa shape index (κ3) is 4.58. The van der Waals surface area contributed by atoms with Crippen molar-refractivity contribution in [2.24, 2.45) is 0 Å². The van der Waals surface area contributed by atoms with Gasteiger partial charge in [0.2, 0.25) is 5.95 Å². The van der Waals surface area contributed by atoms with Crippen LogP contribution in [0.5, 0.6) is 11.5 Å². The number of nitrogens with zero attached hydrogens (tertiary/aromatic N) is 2. The van der Waals surface area contributed by atoms with Gasteiger partial charge in [-0.05, 0) is 55.6 Å². The Morgan fingerprint density at radius 3 is 2.96 bits per heavy atom. The molecule has 0 radical (unpaired) electrons. The second kappa shape index (κ2) is 8.49. The molecule has 1 aromatic heterocycles. The Labute approximate surface area is 142 Å². The molecule has 1 aliphatic heterocycles. The Hall–Kier alpha value is -2.34. The second-order valence-electron chi connectivity index (χ2n) is 5.81. The average Bonchev–Trinajstić information content (AvgIpc) is 2.65. The van der Waals surface area contributed by atoms with Crippen molar-refractivity contribution in [3.8, 4) is 11.5 Å². The standard InChI is InChI=1S/C18H24N4O2/c1-23-15-6-7-17-14(12-15)4-5-16(24-17)13-19-8-2-9-20-18-21-10-3-11-22-18/h3,6-7,10-12,16,19H,2,4-5,8-9,13H2,1H3,(H,20,21,22). The smallest absolute Gasteiger partial charge is 0.222 e. The van der Waals surface area contributed by atoms with Crippen molar-refractivity contribution in [1.82, 2.24) is 15.3 Å². The van der Waals surface area contributed by atoms with Crippen molar-refractivity contribution < 1.29 is 9.47 Å². The minimum atomic E-state index is 0.233. The number of aromatic nitrogens is 2. The normalized spacial score (nSPS) is 16.1. The van der Waals surface area contributed by atoms with Gasteiger partial charge in [0.1, 0.15) is 17.6 Å². The van der Waals surface area contributed by atoms with Crippen LogP contribution >= 0.6 is 0 Å². The molecular formula is C18H24N4O2. The summed E-state index contributed by atoms with van der Waals surface area (Å²) < 4.78 is 11.3. The molecule has 0 amide bonds. The predicted molar refractivity (Wildman–Crippen MR) is 93.7 cm³/mol. The Bertz CT molecular complexity index is 636. The van der Waals surface area contributed by atoms with Crippen LogP contribution in [0.4, 0.5) is 5.95 Å². The van der Waals surface area contributed by atoms with Crippen LogP contribution < -0.4 is 20.1 Å². The van der Waals surface area contributed by atoms with Gasteiger partial charge >= 0.3 is 0 Å². The van der Waals surface area contributed by atoms with Gasteiger partial charge in [-0.25, -0.2) is 9.97 Å². The number of nitrogens with one attached hydrogen (secondary N) is 2. The van der Waals surface area contributed by atoms with Crippen LogP contribution in [0.15, 0.2) is 36.7 Å². The number of anilines is 1. The van der Waals surface area contributed by atoms with Crippen LogP contribution in [0, 0.1) is 0 Å². The van der Waals surface area contributed by atoms with Crippen LogP contribution in [0.1, 0.15) is 18.4 Å². The fourth-order valence-electron chi connectivity index (χ4n) is 2.76. The van der Waals surface area contributed by atoms with E-state index in [0.717, 1.165) is 50.4 Å². The van der Waals surface area contributed by atoms with Gasteiger partial charge in [0.15, 0.2) is 0 Å². The number of hydrogen-bond donors (Lipinski definition) is 2. The lowest BCUT2D eigenvalue weighted by Crippen LogP contribution is -2.35. The van der Waals surface area contributed by atoms with Crippen molar-refractivity contribution in [3.05, 3.63) is 42.2 Å². The van der Waals surface area contributed by atoms with Crippen molar-refractivity contribution in [2.45, 2.75) is 25.4 Å². The van der Waals surface area contributed by atoms with Gasteiger partial charge < -0.3 is 20.1 Å². The van der Waals surface area contributed by atoms with E-state index in [1.165, 1.54) is 5.56 Å². The molecule has 2 heterocycles. The van der Waals surface area contributed by atoms with E-state index in [9.17, 15) is 0 Å². The fraction of sp³-hybridized carbons (Fsp3) is 0.444. The minimum Gasteiger partial charge on any atom is -0.497 e. The number of rotatable bonds is 8. The van der Waals surface area contributed by atoms with Crippen LogP contribution in [-0.4, -0.2) is 42.8 Å². The number of methoxy groups -OCH3 is 1. The fourth-order valence-corrected chi connectivity index (χ4v) is 2.76. The molecule has 6 nitrogen and oxygen atoms in total. The molecule has 1 aliphatic rings. The van der Waals surface area contributed by atoms with Gasteiger partial charge in [-0.15, -0.1) is 0 Å². The molecule has 0 bridgehead atoms. The zero-order valence-electron chi connectivity index (χ0n) is 14.0. The summed E-state index contributed by atoms with van der Waals surface area (Å²) in [6.45, 7) is 2.66. The zero-order valence-corrected chi connectivity index (χ0v) is 14.0. The van der Waals surface area contributed by atoms with E-state index in [4.69, 9.17) is 9.47 Å². The lowest BCUT2D eigenvalue weighted by Gasteiger charge is -2.26. The van der Waals surface area contributed by atoms with Crippen molar-refractivity contribution in [3.63, 3.8) is 0 Å². The quantitative estimate of drug-likeness (QED) is 0.725. The first kappa shape index (κ1) is 16.5. The molecule has 0 saturated carbocycles. The topological polar surface area (TPSA) is 68.3 Å². The van der Waals surface area contributed by atoms with Crippen molar-refractivity contribution in [2.75, 3.05) is 32.1 Å². The summed E-state index contributed by atoms with van der Waals surface area (Å²) in [7, 11) is 1.69. The molecule has 0 spiro atoms. The van der Waals surface area contributed by atoms with E-state index >= 15 is 0 Å². The second-order valence-corrected chi connectivity index (χ2v) is 5.81. The maximum atomic E-state index is 6.05. The van der Waals surface area contributed by atoms with E-state index in [2.05, 4.69) is 26.7 Å². The van der Waals surface area contributed by atoms with Gasteiger partial charge in [-0.1, -0.05) is 0 Å². The van der Waals surface area contributed by atoms with E-state index < -0.39 is 0 Å². The van der Waals surface area contributed by atoms with Crippen molar-refractivity contribution >= 4 is 5.95 Å². The van der Waals surface area contributed by atoms with Crippen LogP contribution in [0.25, 0.3) is 0 Å². The van der Waals surface area contributed by atoms with Gasteiger partial charge in [0.25, 0.3) is 0 Å². The third-order valence-corrected chi connectivity index (χ3v) is 4.05. The third-order valence-electron chi connectivity index (χ3n) is 4.05. The van der Waals surface area contributed by atoms with Gasteiger partial charge in [0, 0.05) is 25.5 Å². The number of benzene rings is 1. The van der Waals surface area contributed by atoms with Crippen molar-refractivity contribution in [1.29, 1.82) is 0 Å².